The molecule has 7 heteroatoms. The first kappa shape index (κ1) is 15.9. The van der Waals surface area contributed by atoms with Crippen molar-refractivity contribution >= 4 is 5.69 Å². The summed E-state index contributed by atoms with van der Waals surface area (Å²) < 4.78 is 10.7. The fourth-order valence-corrected chi connectivity index (χ4v) is 1.56. The summed E-state index contributed by atoms with van der Waals surface area (Å²) in [7, 11) is 0. The molecular formula is C13H17NO6. The molecule has 0 radical (unpaired) electrons. The topological polar surface area (TPSA) is 102 Å². The van der Waals surface area contributed by atoms with E-state index in [1.807, 2.05) is 0 Å². The van der Waals surface area contributed by atoms with Gasteiger partial charge in [-0.1, -0.05) is 12.7 Å². The van der Waals surface area contributed by atoms with Crippen molar-refractivity contribution in [1.29, 1.82) is 0 Å². The van der Waals surface area contributed by atoms with E-state index < -0.39 is 11.2 Å². The first-order valence-corrected chi connectivity index (χ1v) is 5.96. The summed E-state index contributed by atoms with van der Waals surface area (Å²) in [5.41, 5.74) is -0.310. The fourth-order valence-electron chi connectivity index (χ4n) is 1.56. The highest BCUT2D eigenvalue weighted by atomic mass is 16.6. The van der Waals surface area contributed by atoms with Crippen LogP contribution in [-0.2, 0) is 0 Å². The van der Waals surface area contributed by atoms with Crippen LogP contribution in [0.4, 0.5) is 5.69 Å². The maximum Gasteiger partial charge on any atom is 0.314 e. The quantitative estimate of drug-likeness (QED) is 0.343. The molecule has 0 saturated carbocycles. The minimum atomic E-state index is -1.83. The van der Waals surface area contributed by atoms with Crippen molar-refractivity contribution in [2.75, 3.05) is 6.61 Å². The molecule has 1 aromatic rings. The number of nitrogens with zero attached hydrogens (tertiary/aromatic N) is 1. The molecule has 20 heavy (non-hydrogen) atoms. The van der Waals surface area contributed by atoms with Gasteiger partial charge in [-0.15, -0.1) is 0 Å². The third-order valence-corrected chi connectivity index (χ3v) is 2.30. The summed E-state index contributed by atoms with van der Waals surface area (Å²) in [6.45, 7) is 6.92. The van der Waals surface area contributed by atoms with Gasteiger partial charge < -0.3 is 19.7 Å². The predicted molar refractivity (Wildman–Crippen MR) is 71.7 cm³/mol. The second kappa shape index (κ2) is 6.88. The summed E-state index contributed by atoms with van der Waals surface area (Å²) in [6.07, 6.45) is -0.734. The number of aliphatic hydroxyl groups is 2. The van der Waals surface area contributed by atoms with Crippen molar-refractivity contribution in [2.24, 2.45) is 0 Å². The molecule has 1 rings (SSSR count). The Labute approximate surface area is 116 Å². The molecule has 0 aliphatic carbocycles. The lowest BCUT2D eigenvalue weighted by atomic mass is 10.1. The zero-order chi connectivity index (χ0) is 15.3. The lowest BCUT2D eigenvalue weighted by Crippen LogP contribution is -2.11. The maximum atomic E-state index is 11.0. The van der Waals surface area contributed by atoms with Crippen LogP contribution in [0.3, 0.4) is 0 Å². The molecule has 0 saturated heterocycles. The van der Waals surface area contributed by atoms with Gasteiger partial charge in [-0.3, -0.25) is 10.1 Å². The van der Waals surface area contributed by atoms with Gasteiger partial charge in [-0.2, -0.15) is 0 Å². The van der Waals surface area contributed by atoms with Crippen molar-refractivity contribution in [3.8, 4) is 11.5 Å². The van der Waals surface area contributed by atoms with Crippen LogP contribution in [-0.4, -0.2) is 27.8 Å². The Kier molecular flexibility index (Phi) is 5.48. The molecule has 0 aromatic heterocycles. The van der Waals surface area contributed by atoms with E-state index in [-0.39, 0.29) is 35.5 Å². The first-order chi connectivity index (χ1) is 9.38. The molecule has 0 atom stereocenters. The molecule has 1 aromatic carbocycles. The van der Waals surface area contributed by atoms with Crippen LogP contribution in [0.15, 0.2) is 24.8 Å². The number of hydrogen-bond donors (Lipinski definition) is 2. The number of aliphatic hydroxyl groups excluding tert-OH is 1. The molecule has 0 fully saturated rings. The molecule has 0 bridgehead atoms. The van der Waals surface area contributed by atoms with Crippen LogP contribution >= 0.6 is 0 Å². The average Bonchev–Trinajstić information content (AvgIpc) is 2.35. The molecule has 0 unspecified atom stereocenters. The zero-order valence-corrected chi connectivity index (χ0v) is 11.3. The summed E-state index contributed by atoms with van der Waals surface area (Å²) in [5.74, 6) is -0.194. The van der Waals surface area contributed by atoms with E-state index in [1.54, 1.807) is 13.8 Å². The van der Waals surface area contributed by atoms with Crippen LogP contribution in [0.2, 0.25) is 0 Å². The molecular weight excluding hydrogens is 266 g/mol. The smallest absolute Gasteiger partial charge is 0.314 e. The highest BCUT2D eigenvalue weighted by Gasteiger charge is 2.26. The second-order valence-corrected chi connectivity index (χ2v) is 4.23. The summed E-state index contributed by atoms with van der Waals surface area (Å²) in [4.78, 5) is 10.4. The van der Waals surface area contributed by atoms with Gasteiger partial charge in [0.15, 0.2) is 12.0 Å². The van der Waals surface area contributed by atoms with Gasteiger partial charge in [0.25, 0.3) is 0 Å². The molecule has 0 aliphatic rings. The number of nitro benzene ring substituents is 1. The maximum absolute atomic E-state index is 11.0. The third-order valence-electron chi connectivity index (χ3n) is 2.30. The highest BCUT2D eigenvalue weighted by molar-refractivity contribution is 5.60. The SMILES string of the molecule is C=CCOc1c(C(O)O)ccc([N+](=O)[O-])c1OC(C)C. The van der Waals surface area contributed by atoms with E-state index >= 15 is 0 Å². The van der Waals surface area contributed by atoms with Crippen molar-refractivity contribution in [3.05, 3.63) is 40.5 Å². The zero-order valence-electron chi connectivity index (χ0n) is 11.3. The molecule has 0 aliphatic heterocycles. The predicted octanol–water partition coefficient (Wildman–Crippen LogP) is 1.93. The lowest BCUT2D eigenvalue weighted by molar-refractivity contribution is -0.386. The van der Waals surface area contributed by atoms with Crippen LogP contribution in [0.1, 0.15) is 25.7 Å². The third kappa shape index (κ3) is 3.69. The Morgan fingerprint density at radius 3 is 2.50 bits per heavy atom. The number of benzene rings is 1. The summed E-state index contributed by atoms with van der Waals surface area (Å²) >= 11 is 0. The number of nitro groups is 1. The van der Waals surface area contributed by atoms with Crippen molar-refractivity contribution in [3.63, 3.8) is 0 Å². The monoisotopic (exact) mass is 283 g/mol. The van der Waals surface area contributed by atoms with Gasteiger partial charge in [-0.05, 0) is 19.9 Å². The van der Waals surface area contributed by atoms with E-state index in [0.717, 1.165) is 6.07 Å². The normalized spacial score (nSPS) is 10.7. The van der Waals surface area contributed by atoms with Crippen LogP contribution in [0.25, 0.3) is 0 Å². The van der Waals surface area contributed by atoms with Gasteiger partial charge in [0, 0.05) is 6.07 Å². The van der Waals surface area contributed by atoms with Crippen LogP contribution < -0.4 is 9.47 Å². The Hall–Kier alpha value is -2.12. The highest BCUT2D eigenvalue weighted by Crippen LogP contribution is 2.42. The van der Waals surface area contributed by atoms with E-state index in [9.17, 15) is 20.3 Å². The Morgan fingerprint density at radius 2 is 2.05 bits per heavy atom. The number of rotatable bonds is 7. The second-order valence-electron chi connectivity index (χ2n) is 4.23. The summed E-state index contributed by atoms with van der Waals surface area (Å²) in [5, 5.41) is 29.7. The largest absolute Gasteiger partial charge is 0.485 e. The lowest BCUT2D eigenvalue weighted by Gasteiger charge is -2.18. The van der Waals surface area contributed by atoms with Crippen molar-refractivity contribution in [2.45, 2.75) is 26.2 Å². The van der Waals surface area contributed by atoms with E-state index in [2.05, 4.69) is 6.58 Å². The Morgan fingerprint density at radius 1 is 1.40 bits per heavy atom. The van der Waals surface area contributed by atoms with Gasteiger partial charge in [0.2, 0.25) is 5.75 Å². The molecule has 2 N–H and O–H groups in total. The van der Waals surface area contributed by atoms with E-state index in [1.165, 1.54) is 12.1 Å². The number of hydrogen-bond acceptors (Lipinski definition) is 6. The average molecular weight is 283 g/mol. The summed E-state index contributed by atoms with van der Waals surface area (Å²) in [6, 6.07) is 2.36. The van der Waals surface area contributed by atoms with Gasteiger partial charge in [-0.25, -0.2) is 0 Å². The molecule has 0 amide bonds. The fraction of sp³-hybridized carbons (Fsp3) is 0.385. The van der Waals surface area contributed by atoms with E-state index in [0.29, 0.717) is 0 Å². The Balaban J connectivity index is 3.45. The van der Waals surface area contributed by atoms with Crippen LogP contribution in [0, 0.1) is 10.1 Å². The molecule has 0 spiro atoms. The van der Waals surface area contributed by atoms with Gasteiger partial charge >= 0.3 is 5.69 Å². The van der Waals surface area contributed by atoms with Crippen LogP contribution in [0.5, 0.6) is 11.5 Å². The molecule has 7 nitrogen and oxygen atoms in total. The van der Waals surface area contributed by atoms with Crippen molar-refractivity contribution in [1.82, 2.24) is 0 Å². The standard InChI is InChI=1S/C13H17NO6/c1-4-7-19-11-9(13(15)16)5-6-10(14(17)18)12(11)20-8(2)3/h4-6,8,13,15-16H,1,7H2,2-3H3. The van der Waals surface area contributed by atoms with Gasteiger partial charge in [0.1, 0.15) is 6.61 Å². The van der Waals surface area contributed by atoms with Crippen molar-refractivity contribution < 1.29 is 24.6 Å². The molecule has 0 heterocycles. The minimum Gasteiger partial charge on any atom is -0.485 e. The van der Waals surface area contributed by atoms with Gasteiger partial charge in [0.05, 0.1) is 16.6 Å². The Bertz CT molecular complexity index is 498. The van der Waals surface area contributed by atoms with E-state index in [4.69, 9.17) is 9.47 Å². The molecule has 110 valence electrons. The minimum absolute atomic E-state index is 0.00639. The number of ether oxygens (including phenoxy) is 2. The first-order valence-electron chi connectivity index (χ1n) is 5.96.